The van der Waals surface area contributed by atoms with Crippen LogP contribution in [0.15, 0.2) is 0 Å². The molecule has 0 amide bonds. The fourth-order valence-electron chi connectivity index (χ4n) is 2.98. The van der Waals surface area contributed by atoms with Crippen molar-refractivity contribution in [3.05, 3.63) is 0 Å². The lowest BCUT2D eigenvalue weighted by Gasteiger charge is -2.27. The Bertz CT molecular complexity index is 223. The number of hydrogen-bond donors (Lipinski definition) is 0. The first-order valence-corrected chi connectivity index (χ1v) is 6.86. The summed E-state index contributed by atoms with van der Waals surface area (Å²) in [6, 6.07) is 0. The van der Waals surface area contributed by atoms with Gasteiger partial charge in [0.05, 0.1) is 0 Å². The molecule has 0 N–H and O–H groups in total. The Morgan fingerprint density at radius 2 is 1.69 bits per heavy atom. The molecule has 2 aliphatic rings. The van der Waals surface area contributed by atoms with E-state index in [4.69, 9.17) is 4.74 Å². The van der Waals surface area contributed by atoms with Gasteiger partial charge in [0.2, 0.25) is 0 Å². The van der Waals surface area contributed by atoms with Crippen LogP contribution >= 0.6 is 0 Å². The third kappa shape index (κ3) is 3.31. The van der Waals surface area contributed by atoms with Gasteiger partial charge in [0.15, 0.2) is 0 Å². The molecule has 0 spiro atoms. The minimum Gasteiger partial charge on any atom is -0.381 e. The number of ketones is 1. The van der Waals surface area contributed by atoms with Crippen LogP contribution in [0.25, 0.3) is 0 Å². The summed E-state index contributed by atoms with van der Waals surface area (Å²) in [5, 5.41) is 0. The van der Waals surface area contributed by atoms with Gasteiger partial charge >= 0.3 is 0 Å². The maximum Gasteiger partial charge on any atom is 0.136 e. The molecule has 16 heavy (non-hydrogen) atoms. The second kappa shape index (κ2) is 5.81. The zero-order valence-corrected chi connectivity index (χ0v) is 10.4. The fraction of sp³-hybridized carbons (Fsp3) is 0.929. The lowest BCUT2D eigenvalue weighted by atomic mass is 9.78. The van der Waals surface area contributed by atoms with Crippen molar-refractivity contribution in [1.29, 1.82) is 0 Å². The molecule has 0 aromatic heterocycles. The molecule has 1 aliphatic carbocycles. The Morgan fingerprint density at radius 3 is 2.31 bits per heavy atom. The van der Waals surface area contributed by atoms with Crippen molar-refractivity contribution in [2.24, 2.45) is 17.8 Å². The third-order valence-electron chi connectivity index (χ3n) is 4.30. The summed E-state index contributed by atoms with van der Waals surface area (Å²) < 4.78 is 5.33. The molecule has 1 saturated heterocycles. The van der Waals surface area contributed by atoms with Gasteiger partial charge in [-0.25, -0.2) is 0 Å². The third-order valence-corrected chi connectivity index (χ3v) is 4.30. The summed E-state index contributed by atoms with van der Waals surface area (Å²) >= 11 is 0. The van der Waals surface area contributed by atoms with Crippen molar-refractivity contribution < 1.29 is 9.53 Å². The SMILES string of the molecule is CC1CCC(C(=O)CC2CCOCC2)CC1. The Hall–Kier alpha value is -0.370. The van der Waals surface area contributed by atoms with Gasteiger partial charge in [-0.2, -0.15) is 0 Å². The van der Waals surface area contributed by atoms with E-state index < -0.39 is 0 Å². The summed E-state index contributed by atoms with van der Waals surface area (Å²) in [5.74, 6) is 2.38. The van der Waals surface area contributed by atoms with E-state index in [-0.39, 0.29) is 0 Å². The first-order valence-electron chi connectivity index (χ1n) is 6.86. The molecule has 2 fully saturated rings. The second-order valence-corrected chi connectivity index (χ2v) is 5.68. The highest BCUT2D eigenvalue weighted by Gasteiger charge is 2.26. The molecular formula is C14H24O2. The highest BCUT2D eigenvalue weighted by molar-refractivity contribution is 5.81. The number of Topliss-reactive ketones (excluding diaryl/α,β-unsaturated/α-hetero) is 1. The molecule has 0 unspecified atom stereocenters. The largest absolute Gasteiger partial charge is 0.381 e. The zero-order valence-electron chi connectivity index (χ0n) is 10.4. The summed E-state index contributed by atoms with van der Waals surface area (Å²) in [4.78, 5) is 12.1. The van der Waals surface area contributed by atoms with Gasteiger partial charge in [0, 0.05) is 25.6 Å². The number of hydrogen-bond acceptors (Lipinski definition) is 2. The monoisotopic (exact) mass is 224 g/mol. The highest BCUT2D eigenvalue weighted by atomic mass is 16.5. The predicted molar refractivity (Wildman–Crippen MR) is 64.3 cm³/mol. The van der Waals surface area contributed by atoms with E-state index in [1.165, 1.54) is 12.8 Å². The Balaban J connectivity index is 1.74. The van der Waals surface area contributed by atoms with E-state index in [0.717, 1.165) is 51.2 Å². The lowest BCUT2D eigenvalue weighted by Crippen LogP contribution is -2.25. The van der Waals surface area contributed by atoms with Crippen molar-refractivity contribution in [1.82, 2.24) is 0 Å². The summed E-state index contributed by atoms with van der Waals surface area (Å²) in [7, 11) is 0. The molecule has 1 aliphatic heterocycles. The lowest BCUT2D eigenvalue weighted by molar-refractivity contribution is -0.125. The van der Waals surface area contributed by atoms with Crippen molar-refractivity contribution in [2.75, 3.05) is 13.2 Å². The topological polar surface area (TPSA) is 26.3 Å². The van der Waals surface area contributed by atoms with Gasteiger partial charge in [-0.3, -0.25) is 4.79 Å². The molecule has 0 radical (unpaired) electrons. The molecule has 0 aromatic carbocycles. The minimum absolute atomic E-state index is 0.388. The maximum absolute atomic E-state index is 12.1. The molecule has 0 bridgehead atoms. The molecule has 2 rings (SSSR count). The van der Waals surface area contributed by atoms with Crippen LogP contribution < -0.4 is 0 Å². The fourth-order valence-corrected chi connectivity index (χ4v) is 2.98. The molecular weight excluding hydrogens is 200 g/mol. The predicted octanol–water partition coefficient (Wildman–Crippen LogP) is 3.20. The Kier molecular flexibility index (Phi) is 4.39. The van der Waals surface area contributed by atoms with E-state index in [0.29, 0.717) is 17.6 Å². The first-order chi connectivity index (χ1) is 7.75. The average Bonchev–Trinajstić information content (AvgIpc) is 2.31. The van der Waals surface area contributed by atoms with Gasteiger partial charge < -0.3 is 4.74 Å². The van der Waals surface area contributed by atoms with E-state index in [9.17, 15) is 4.79 Å². The van der Waals surface area contributed by atoms with Crippen LogP contribution in [-0.2, 0) is 9.53 Å². The number of rotatable bonds is 3. The summed E-state index contributed by atoms with van der Waals surface area (Å²) in [6.45, 7) is 4.03. The number of carbonyl (C=O) groups is 1. The molecule has 2 nitrogen and oxygen atoms in total. The maximum atomic E-state index is 12.1. The molecule has 1 saturated carbocycles. The van der Waals surface area contributed by atoms with E-state index >= 15 is 0 Å². The van der Waals surface area contributed by atoms with Crippen LogP contribution in [0.5, 0.6) is 0 Å². The van der Waals surface area contributed by atoms with Crippen molar-refractivity contribution >= 4 is 5.78 Å². The average molecular weight is 224 g/mol. The molecule has 2 heteroatoms. The van der Waals surface area contributed by atoms with Crippen LogP contribution in [0.3, 0.4) is 0 Å². The molecule has 92 valence electrons. The van der Waals surface area contributed by atoms with Gasteiger partial charge in [-0.15, -0.1) is 0 Å². The normalized spacial score (nSPS) is 32.6. The summed E-state index contributed by atoms with van der Waals surface area (Å²) in [5.41, 5.74) is 0. The van der Waals surface area contributed by atoms with Crippen molar-refractivity contribution in [2.45, 2.75) is 51.9 Å². The van der Waals surface area contributed by atoms with Crippen LogP contribution in [0.2, 0.25) is 0 Å². The zero-order chi connectivity index (χ0) is 11.4. The Morgan fingerprint density at radius 1 is 1.06 bits per heavy atom. The number of carbonyl (C=O) groups excluding carboxylic acids is 1. The smallest absolute Gasteiger partial charge is 0.136 e. The van der Waals surface area contributed by atoms with Crippen LogP contribution in [0.1, 0.15) is 51.9 Å². The van der Waals surface area contributed by atoms with Crippen LogP contribution in [-0.4, -0.2) is 19.0 Å². The quantitative estimate of drug-likeness (QED) is 0.736. The highest BCUT2D eigenvalue weighted by Crippen LogP contribution is 2.31. The van der Waals surface area contributed by atoms with E-state index in [1.54, 1.807) is 0 Å². The summed E-state index contributed by atoms with van der Waals surface area (Å²) in [6.07, 6.45) is 7.80. The van der Waals surface area contributed by atoms with Gasteiger partial charge in [0.25, 0.3) is 0 Å². The molecule has 0 aromatic rings. The van der Waals surface area contributed by atoms with Gasteiger partial charge in [-0.05, 0) is 37.5 Å². The van der Waals surface area contributed by atoms with Gasteiger partial charge in [-0.1, -0.05) is 19.8 Å². The van der Waals surface area contributed by atoms with Crippen LogP contribution in [0.4, 0.5) is 0 Å². The molecule has 1 heterocycles. The van der Waals surface area contributed by atoms with E-state index in [1.807, 2.05) is 0 Å². The molecule has 0 atom stereocenters. The van der Waals surface area contributed by atoms with Crippen LogP contribution in [0, 0.1) is 17.8 Å². The number of ether oxygens (including phenoxy) is 1. The van der Waals surface area contributed by atoms with E-state index in [2.05, 4.69) is 6.92 Å². The second-order valence-electron chi connectivity index (χ2n) is 5.68. The van der Waals surface area contributed by atoms with Crippen molar-refractivity contribution in [3.8, 4) is 0 Å². The van der Waals surface area contributed by atoms with Gasteiger partial charge in [0.1, 0.15) is 5.78 Å². The minimum atomic E-state index is 0.388. The Labute approximate surface area is 98.7 Å². The first kappa shape index (κ1) is 12.1. The van der Waals surface area contributed by atoms with Crippen molar-refractivity contribution in [3.63, 3.8) is 0 Å². The standard InChI is InChI=1S/C14H24O2/c1-11-2-4-13(5-3-11)14(15)10-12-6-8-16-9-7-12/h11-13H,2-10H2,1H3.